The summed E-state index contributed by atoms with van der Waals surface area (Å²) < 4.78 is 15.7. The van der Waals surface area contributed by atoms with E-state index in [2.05, 4.69) is 17.0 Å². The van der Waals surface area contributed by atoms with Gasteiger partial charge in [-0.3, -0.25) is 9.59 Å². The molecule has 6 nitrogen and oxygen atoms in total. The summed E-state index contributed by atoms with van der Waals surface area (Å²) in [6, 6.07) is 19.3. The molecular weight excluding hydrogens is 383 g/mol. The fourth-order valence-electron chi connectivity index (χ4n) is 3.77. The molecule has 1 aromatic heterocycles. The van der Waals surface area contributed by atoms with Gasteiger partial charge in [-0.25, -0.2) is 9.07 Å². The van der Waals surface area contributed by atoms with Crippen molar-refractivity contribution >= 4 is 17.4 Å². The van der Waals surface area contributed by atoms with Gasteiger partial charge >= 0.3 is 0 Å². The van der Waals surface area contributed by atoms with Crippen LogP contribution in [0, 0.1) is 5.82 Å². The molecule has 1 aliphatic heterocycles. The second kappa shape index (κ2) is 8.51. The van der Waals surface area contributed by atoms with E-state index in [9.17, 15) is 14.0 Å². The Morgan fingerprint density at radius 2 is 1.53 bits per heavy atom. The Kier molecular flexibility index (Phi) is 5.63. The second-order valence-electron chi connectivity index (χ2n) is 7.13. The maximum absolute atomic E-state index is 14.2. The van der Waals surface area contributed by atoms with E-state index >= 15 is 0 Å². The highest BCUT2D eigenvalue weighted by Gasteiger charge is 2.28. The monoisotopic (exact) mass is 406 g/mol. The number of hydrazine groups is 1. The molecule has 0 unspecified atom stereocenters. The van der Waals surface area contributed by atoms with E-state index in [1.807, 2.05) is 23.2 Å². The molecule has 1 saturated heterocycles. The zero-order valence-electron chi connectivity index (χ0n) is 16.7. The third-order valence-corrected chi connectivity index (χ3v) is 5.21. The molecule has 2 aromatic carbocycles. The van der Waals surface area contributed by atoms with Gasteiger partial charge in [0.2, 0.25) is 5.78 Å². The number of aromatic nitrogens is 1. The molecule has 0 atom stereocenters. The molecule has 0 bridgehead atoms. The van der Waals surface area contributed by atoms with Crippen molar-refractivity contribution in [1.82, 2.24) is 9.69 Å². The van der Waals surface area contributed by atoms with Gasteiger partial charge in [0, 0.05) is 45.0 Å². The molecule has 2 heterocycles. The van der Waals surface area contributed by atoms with Gasteiger partial charge in [-0.2, -0.15) is 10.1 Å². The van der Waals surface area contributed by atoms with Crippen molar-refractivity contribution in [2.75, 3.05) is 36.2 Å². The van der Waals surface area contributed by atoms with Crippen molar-refractivity contribution in [2.45, 2.75) is 6.92 Å². The molecule has 0 saturated carbocycles. The van der Waals surface area contributed by atoms with E-state index in [0.29, 0.717) is 13.1 Å². The average Bonchev–Trinajstić information content (AvgIpc) is 3.24. The molecule has 0 spiro atoms. The summed E-state index contributed by atoms with van der Waals surface area (Å²) in [6.45, 7) is 4.16. The second-order valence-corrected chi connectivity index (χ2v) is 7.13. The Morgan fingerprint density at radius 3 is 2.20 bits per heavy atom. The topological polar surface area (TPSA) is 48.8 Å². The average molecular weight is 406 g/mol. The third kappa shape index (κ3) is 3.84. The first-order chi connectivity index (χ1) is 14.6. The Hall–Kier alpha value is -3.45. The zero-order chi connectivity index (χ0) is 21.1. The molecule has 154 valence electrons. The largest absolute Gasteiger partial charge is 0.369 e. The number of hydrogen-bond acceptors (Lipinski definition) is 4. The lowest BCUT2D eigenvalue weighted by Crippen LogP contribution is -2.59. The number of amides is 1. The number of halogens is 1. The molecule has 0 aliphatic carbocycles. The molecule has 0 radical (unpaired) electrons. The first-order valence-electron chi connectivity index (χ1n) is 9.88. The normalized spacial score (nSPS) is 14.5. The lowest BCUT2D eigenvalue weighted by molar-refractivity contribution is -0.122. The summed E-state index contributed by atoms with van der Waals surface area (Å²) in [7, 11) is 0. The van der Waals surface area contributed by atoms with Crippen LogP contribution in [0.15, 0.2) is 72.9 Å². The number of carbonyl (C=O) groups is 2. The van der Waals surface area contributed by atoms with Crippen LogP contribution < -0.4 is 10.0 Å². The highest BCUT2D eigenvalue weighted by molar-refractivity contribution is 6.08. The van der Waals surface area contributed by atoms with Gasteiger partial charge in [-0.05, 0) is 36.4 Å². The Morgan fingerprint density at radius 1 is 0.867 bits per heavy atom. The quantitative estimate of drug-likeness (QED) is 0.611. The fourth-order valence-corrected chi connectivity index (χ4v) is 3.77. The van der Waals surface area contributed by atoms with E-state index < -0.39 is 11.6 Å². The lowest BCUT2D eigenvalue weighted by Gasteiger charge is -2.41. The molecule has 1 fully saturated rings. The molecular formula is C23H23FN4O2. The molecule has 4 rings (SSSR count). The van der Waals surface area contributed by atoms with E-state index in [0.717, 1.165) is 18.8 Å². The molecule has 3 aromatic rings. The number of piperazine rings is 1. The molecule has 30 heavy (non-hydrogen) atoms. The summed E-state index contributed by atoms with van der Waals surface area (Å²) in [5.74, 6) is -1.27. The number of para-hydroxylation sites is 1. The van der Waals surface area contributed by atoms with Crippen molar-refractivity contribution in [3.05, 3.63) is 90.0 Å². The molecule has 1 amide bonds. The Balaban J connectivity index is 1.57. The van der Waals surface area contributed by atoms with Crippen LogP contribution in [0.1, 0.15) is 23.0 Å². The minimum Gasteiger partial charge on any atom is -0.369 e. The number of ketones is 1. The molecule has 0 N–H and O–H groups in total. The third-order valence-electron chi connectivity index (χ3n) is 5.21. The van der Waals surface area contributed by atoms with Gasteiger partial charge in [0.1, 0.15) is 11.5 Å². The summed E-state index contributed by atoms with van der Waals surface area (Å²) in [6.07, 6.45) is 1.65. The summed E-state index contributed by atoms with van der Waals surface area (Å²) in [5.41, 5.74) is 1.36. The van der Waals surface area contributed by atoms with Crippen LogP contribution in [0.25, 0.3) is 0 Å². The number of anilines is 1. The van der Waals surface area contributed by atoms with Crippen LogP contribution in [-0.2, 0) is 4.79 Å². The first kappa shape index (κ1) is 19.8. The lowest BCUT2D eigenvalue weighted by atomic mass is 10.1. The van der Waals surface area contributed by atoms with Gasteiger partial charge < -0.3 is 4.90 Å². The van der Waals surface area contributed by atoms with Crippen LogP contribution in [-0.4, -0.2) is 47.6 Å². The van der Waals surface area contributed by atoms with E-state index in [1.54, 1.807) is 30.5 Å². The minimum atomic E-state index is -0.582. The highest BCUT2D eigenvalue weighted by Crippen LogP contribution is 2.19. The van der Waals surface area contributed by atoms with E-state index in [1.165, 1.54) is 28.9 Å². The first-order valence-corrected chi connectivity index (χ1v) is 9.88. The van der Waals surface area contributed by atoms with Gasteiger partial charge in [-0.15, -0.1) is 0 Å². The van der Waals surface area contributed by atoms with Crippen LogP contribution in [0.3, 0.4) is 0 Å². The minimum absolute atomic E-state index is 0.0187. The van der Waals surface area contributed by atoms with Gasteiger partial charge in [-0.1, -0.05) is 30.3 Å². The Bertz CT molecular complexity index is 1040. The number of hydrogen-bond donors (Lipinski definition) is 0. The standard InChI is InChI=1S/C23H23FN4O2/c1-18(29)28(26-16-14-25(15-17-26)19-8-3-2-4-9-19)27-13-7-12-22(27)23(30)20-10-5-6-11-21(20)24/h2-13H,14-17H2,1H3. The van der Waals surface area contributed by atoms with Crippen molar-refractivity contribution in [1.29, 1.82) is 0 Å². The predicted octanol–water partition coefficient (Wildman–Crippen LogP) is 3.08. The summed E-state index contributed by atoms with van der Waals surface area (Å²) in [5, 5.41) is 3.39. The molecule has 7 heteroatoms. The SMILES string of the molecule is CC(=O)N(N1CCN(c2ccccc2)CC1)n1cccc1C(=O)c1ccccc1F. The smallest absolute Gasteiger partial charge is 0.253 e. The maximum atomic E-state index is 14.2. The number of benzene rings is 2. The van der Waals surface area contributed by atoms with Crippen LogP contribution >= 0.6 is 0 Å². The molecule has 1 aliphatic rings. The number of rotatable bonds is 5. The van der Waals surface area contributed by atoms with Gasteiger partial charge in [0.15, 0.2) is 0 Å². The van der Waals surface area contributed by atoms with Crippen molar-refractivity contribution in [2.24, 2.45) is 0 Å². The van der Waals surface area contributed by atoms with Crippen LogP contribution in [0.5, 0.6) is 0 Å². The van der Waals surface area contributed by atoms with Crippen LogP contribution in [0.4, 0.5) is 10.1 Å². The zero-order valence-corrected chi connectivity index (χ0v) is 16.7. The fraction of sp³-hybridized carbons (Fsp3) is 0.217. The van der Waals surface area contributed by atoms with Crippen molar-refractivity contribution in [3.63, 3.8) is 0 Å². The maximum Gasteiger partial charge on any atom is 0.253 e. The highest BCUT2D eigenvalue weighted by atomic mass is 19.1. The van der Waals surface area contributed by atoms with Crippen molar-refractivity contribution in [3.8, 4) is 0 Å². The van der Waals surface area contributed by atoms with E-state index in [4.69, 9.17) is 0 Å². The van der Waals surface area contributed by atoms with Crippen molar-refractivity contribution < 1.29 is 14.0 Å². The predicted molar refractivity (Wildman–Crippen MR) is 113 cm³/mol. The number of nitrogens with zero attached hydrogens (tertiary/aromatic N) is 4. The van der Waals surface area contributed by atoms with Gasteiger partial charge in [0.05, 0.1) is 5.56 Å². The number of carbonyl (C=O) groups excluding carboxylic acids is 2. The van der Waals surface area contributed by atoms with Crippen LogP contribution in [0.2, 0.25) is 0 Å². The Labute approximate surface area is 174 Å². The van der Waals surface area contributed by atoms with Gasteiger partial charge in [0.25, 0.3) is 5.91 Å². The summed E-state index contributed by atoms with van der Waals surface area (Å²) in [4.78, 5) is 27.8. The van der Waals surface area contributed by atoms with E-state index in [-0.39, 0.29) is 17.2 Å². The summed E-state index contributed by atoms with van der Waals surface area (Å²) >= 11 is 0.